The predicted octanol–water partition coefficient (Wildman–Crippen LogP) is 3.11. The van der Waals surface area contributed by atoms with Gasteiger partial charge in [0.25, 0.3) is 0 Å². The van der Waals surface area contributed by atoms with Crippen LogP contribution in [0, 0.1) is 5.92 Å². The summed E-state index contributed by atoms with van der Waals surface area (Å²) in [6, 6.07) is 10.1. The normalized spacial score (nSPS) is 18.8. The standard InChI is InChI=1S/C17H26N2O/c1-3-19(15-11-7-8-12-15)17(20)13(2)16(18)14-9-5-4-6-10-14/h4-6,9-10,13,15-16H,3,7-8,11-12,18H2,1-2H3. The Bertz CT molecular complexity index is 426. The lowest BCUT2D eigenvalue weighted by atomic mass is 9.93. The van der Waals surface area contributed by atoms with Gasteiger partial charge in [0.05, 0.1) is 5.92 Å². The molecule has 2 N–H and O–H groups in total. The van der Waals surface area contributed by atoms with Gasteiger partial charge in [-0.25, -0.2) is 0 Å². The lowest BCUT2D eigenvalue weighted by molar-refractivity contribution is -0.137. The van der Waals surface area contributed by atoms with E-state index in [9.17, 15) is 4.79 Å². The fourth-order valence-corrected chi connectivity index (χ4v) is 3.19. The Hall–Kier alpha value is -1.35. The molecule has 0 heterocycles. The zero-order valence-corrected chi connectivity index (χ0v) is 12.6. The second kappa shape index (κ2) is 6.89. The number of hydrogen-bond donors (Lipinski definition) is 1. The summed E-state index contributed by atoms with van der Waals surface area (Å²) in [4.78, 5) is 14.8. The first kappa shape index (κ1) is 15.0. The van der Waals surface area contributed by atoms with Crippen LogP contribution in [-0.2, 0) is 4.79 Å². The van der Waals surface area contributed by atoms with Gasteiger partial charge in [0.15, 0.2) is 0 Å². The van der Waals surface area contributed by atoms with E-state index in [1.165, 1.54) is 12.8 Å². The number of carbonyl (C=O) groups excluding carboxylic acids is 1. The molecule has 1 aliphatic carbocycles. The summed E-state index contributed by atoms with van der Waals surface area (Å²) in [5.74, 6) is 0.0358. The summed E-state index contributed by atoms with van der Waals surface area (Å²) in [5, 5.41) is 0. The van der Waals surface area contributed by atoms with Crippen LogP contribution in [0.5, 0.6) is 0 Å². The summed E-state index contributed by atoms with van der Waals surface area (Å²) < 4.78 is 0. The van der Waals surface area contributed by atoms with Crippen LogP contribution in [0.15, 0.2) is 30.3 Å². The third-order valence-electron chi connectivity index (χ3n) is 4.50. The van der Waals surface area contributed by atoms with Crippen molar-refractivity contribution in [2.75, 3.05) is 6.54 Å². The molecule has 0 aromatic heterocycles. The maximum Gasteiger partial charge on any atom is 0.227 e. The number of hydrogen-bond acceptors (Lipinski definition) is 2. The minimum absolute atomic E-state index is 0.169. The van der Waals surface area contributed by atoms with Crippen LogP contribution in [0.25, 0.3) is 0 Å². The minimum atomic E-state index is -0.223. The SMILES string of the molecule is CCN(C(=O)C(C)C(N)c1ccccc1)C1CCCC1. The van der Waals surface area contributed by atoms with Crippen molar-refractivity contribution in [1.82, 2.24) is 4.90 Å². The molecule has 1 aliphatic rings. The molecule has 110 valence electrons. The Labute approximate surface area is 122 Å². The fraction of sp³-hybridized carbons (Fsp3) is 0.588. The van der Waals surface area contributed by atoms with E-state index in [4.69, 9.17) is 5.73 Å². The van der Waals surface area contributed by atoms with Crippen LogP contribution in [0.3, 0.4) is 0 Å². The highest BCUT2D eigenvalue weighted by atomic mass is 16.2. The first-order chi connectivity index (χ1) is 9.65. The summed E-state index contributed by atoms with van der Waals surface area (Å²) in [5.41, 5.74) is 7.32. The van der Waals surface area contributed by atoms with Crippen molar-refractivity contribution in [3.8, 4) is 0 Å². The van der Waals surface area contributed by atoms with E-state index in [1.54, 1.807) is 0 Å². The van der Waals surface area contributed by atoms with Crippen LogP contribution in [0.1, 0.15) is 51.1 Å². The van der Waals surface area contributed by atoms with Crippen molar-refractivity contribution in [3.63, 3.8) is 0 Å². The van der Waals surface area contributed by atoms with Crippen LogP contribution in [0.4, 0.5) is 0 Å². The molecule has 0 saturated heterocycles. The highest BCUT2D eigenvalue weighted by molar-refractivity contribution is 5.79. The Kier molecular flexibility index (Phi) is 5.18. The Morgan fingerprint density at radius 2 is 1.90 bits per heavy atom. The van der Waals surface area contributed by atoms with E-state index in [1.807, 2.05) is 42.2 Å². The van der Waals surface area contributed by atoms with Gasteiger partial charge in [-0.3, -0.25) is 4.79 Å². The van der Waals surface area contributed by atoms with E-state index in [0.717, 1.165) is 24.9 Å². The molecule has 3 nitrogen and oxygen atoms in total. The number of amides is 1. The molecule has 0 aliphatic heterocycles. The van der Waals surface area contributed by atoms with Crippen LogP contribution < -0.4 is 5.73 Å². The van der Waals surface area contributed by atoms with E-state index in [0.29, 0.717) is 6.04 Å². The third-order valence-corrected chi connectivity index (χ3v) is 4.50. The van der Waals surface area contributed by atoms with E-state index in [2.05, 4.69) is 6.92 Å². The van der Waals surface area contributed by atoms with Crippen LogP contribution >= 0.6 is 0 Å². The number of rotatable bonds is 5. The maximum atomic E-state index is 12.7. The monoisotopic (exact) mass is 274 g/mol. The largest absolute Gasteiger partial charge is 0.340 e. The topological polar surface area (TPSA) is 46.3 Å². The van der Waals surface area contributed by atoms with Gasteiger partial charge in [-0.1, -0.05) is 50.1 Å². The van der Waals surface area contributed by atoms with Crippen LogP contribution in [-0.4, -0.2) is 23.4 Å². The van der Waals surface area contributed by atoms with Gasteiger partial charge in [-0.05, 0) is 25.3 Å². The van der Waals surface area contributed by atoms with Gasteiger partial charge in [0.1, 0.15) is 0 Å². The van der Waals surface area contributed by atoms with Gasteiger partial charge in [0.2, 0.25) is 5.91 Å². The minimum Gasteiger partial charge on any atom is -0.340 e. The highest BCUT2D eigenvalue weighted by Crippen LogP contribution is 2.27. The third kappa shape index (κ3) is 3.21. The molecule has 2 rings (SSSR count). The summed E-state index contributed by atoms with van der Waals surface area (Å²) in [7, 11) is 0. The van der Waals surface area contributed by atoms with Gasteiger partial charge in [0, 0.05) is 18.6 Å². The van der Waals surface area contributed by atoms with Crippen molar-refractivity contribution < 1.29 is 4.79 Å². The Morgan fingerprint density at radius 3 is 2.45 bits per heavy atom. The number of nitrogens with two attached hydrogens (primary N) is 1. The summed E-state index contributed by atoms with van der Waals surface area (Å²) in [6.45, 7) is 4.81. The Balaban J connectivity index is 2.06. The molecule has 1 amide bonds. The smallest absolute Gasteiger partial charge is 0.227 e. The molecule has 1 saturated carbocycles. The molecule has 0 spiro atoms. The van der Waals surface area contributed by atoms with Crippen molar-refractivity contribution in [2.45, 2.75) is 51.6 Å². The second-order valence-corrected chi connectivity index (χ2v) is 5.79. The number of carbonyl (C=O) groups is 1. The molecular weight excluding hydrogens is 248 g/mol. The fourth-order valence-electron chi connectivity index (χ4n) is 3.19. The van der Waals surface area contributed by atoms with Crippen molar-refractivity contribution in [3.05, 3.63) is 35.9 Å². The number of nitrogens with zero attached hydrogens (tertiary/aromatic N) is 1. The average molecular weight is 274 g/mol. The van der Waals surface area contributed by atoms with Gasteiger partial charge in [-0.15, -0.1) is 0 Å². The molecule has 2 unspecified atom stereocenters. The first-order valence-corrected chi connectivity index (χ1v) is 7.76. The molecule has 1 fully saturated rings. The van der Waals surface area contributed by atoms with Crippen molar-refractivity contribution in [1.29, 1.82) is 0 Å². The Morgan fingerprint density at radius 1 is 1.30 bits per heavy atom. The van der Waals surface area contributed by atoms with Gasteiger partial charge in [-0.2, -0.15) is 0 Å². The van der Waals surface area contributed by atoms with E-state index < -0.39 is 0 Å². The summed E-state index contributed by atoms with van der Waals surface area (Å²) >= 11 is 0. The predicted molar refractivity (Wildman–Crippen MR) is 82.2 cm³/mol. The molecule has 1 aromatic carbocycles. The zero-order chi connectivity index (χ0) is 14.5. The van der Waals surface area contributed by atoms with Gasteiger partial charge < -0.3 is 10.6 Å². The zero-order valence-electron chi connectivity index (χ0n) is 12.6. The lowest BCUT2D eigenvalue weighted by Crippen LogP contribution is -2.44. The van der Waals surface area contributed by atoms with Crippen molar-refractivity contribution in [2.24, 2.45) is 11.7 Å². The van der Waals surface area contributed by atoms with Crippen molar-refractivity contribution >= 4 is 5.91 Å². The molecule has 3 heteroatoms. The van der Waals surface area contributed by atoms with Gasteiger partial charge >= 0.3 is 0 Å². The summed E-state index contributed by atoms with van der Waals surface area (Å²) in [6.07, 6.45) is 4.78. The van der Waals surface area contributed by atoms with E-state index >= 15 is 0 Å². The number of benzene rings is 1. The highest BCUT2D eigenvalue weighted by Gasteiger charge is 2.31. The molecule has 0 bridgehead atoms. The average Bonchev–Trinajstić information content (AvgIpc) is 3.01. The molecular formula is C17H26N2O. The first-order valence-electron chi connectivity index (χ1n) is 7.76. The maximum absolute atomic E-state index is 12.7. The molecule has 1 aromatic rings. The molecule has 2 atom stereocenters. The van der Waals surface area contributed by atoms with Crippen LogP contribution in [0.2, 0.25) is 0 Å². The quantitative estimate of drug-likeness (QED) is 0.896. The second-order valence-electron chi connectivity index (χ2n) is 5.79. The molecule has 20 heavy (non-hydrogen) atoms. The molecule has 0 radical (unpaired) electrons. The van der Waals surface area contributed by atoms with E-state index in [-0.39, 0.29) is 17.9 Å². The lowest BCUT2D eigenvalue weighted by Gasteiger charge is -2.32.